The van der Waals surface area contributed by atoms with Crippen molar-refractivity contribution >= 4 is 18.6 Å². The lowest BCUT2D eigenvalue weighted by Crippen LogP contribution is -2.08. The fourth-order valence-corrected chi connectivity index (χ4v) is 1.65. The molecule has 0 radical (unpaired) electrons. The molecule has 0 heterocycles. The number of benzene rings is 2. The molecule has 2 rings (SSSR count). The van der Waals surface area contributed by atoms with Crippen molar-refractivity contribution in [3.05, 3.63) is 42.0 Å². The normalized spacial score (nSPS) is 10.2. The Morgan fingerprint density at radius 2 is 1.68 bits per heavy atom. The van der Waals surface area contributed by atoms with Crippen LogP contribution < -0.4 is 4.74 Å². The van der Waals surface area contributed by atoms with Gasteiger partial charge in [0.05, 0.1) is 5.56 Å². The van der Waals surface area contributed by atoms with Gasteiger partial charge in [0.15, 0.2) is 17.2 Å². The average molecular weight is 278 g/mol. The smallest absolute Gasteiger partial charge is 0.343 e. The van der Waals surface area contributed by atoms with Gasteiger partial charge in [0.2, 0.25) is 0 Å². The molecule has 0 aliphatic rings. The van der Waals surface area contributed by atoms with E-state index >= 15 is 0 Å². The maximum absolute atomic E-state index is 11.8. The summed E-state index contributed by atoms with van der Waals surface area (Å²) in [5.41, 5.74) is -0.0858. The second-order valence-electron chi connectivity index (χ2n) is 3.75. The molecule has 98 valence electrons. The Labute approximate surface area is 114 Å². The molecule has 0 aromatic heterocycles. The molecule has 0 unspecified atom stereocenters. The Bertz CT molecular complexity index is 616. The summed E-state index contributed by atoms with van der Waals surface area (Å²) in [5, 5.41) is 27.8. The van der Waals surface area contributed by atoms with Gasteiger partial charge in [0, 0.05) is 4.90 Å². The fourth-order valence-electron chi connectivity index (χ4n) is 1.44. The molecule has 0 fully saturated rings. The molecule has 0 bridgehead atoms. The highest BCUT2D eigenvalue weighted by Crippen LogP contribution is 2.35. The van der Waals surface area contributed by atoms with E-state index in [1.54, 1.807) is 24.3 Å². The quantitative estimate of drug-likeness (QED) is 0.293. The van der Waals surface area contributed by atoms with Gasteiger partial charge in [-0.2, -0.15) is 0 Å². The Morgan fingerprint density at radius 3 is 2.26 bits per heavy atom. The first kappa shape index (κ1) is 13.1. The molecule has 0 atom stereocenters. The number of aromatic hydroxyl groups is 3. The van der Waals surface area contributed by atoms with Crippen molar-refractivity contribution in [3.63, 3.8) is 0 Å². The first-order valence-electron chi connectivity index (χ1n) is 5.23. The topological polar surface area (TPSA) is 87.0 Å². The summed E-state index contributed by atoms with van der Waals surface area (Å²) in [7, 11) is 0. The zero-order valence-electron chi connectivity index (χ0n) is 9.57. The first-order valence-corrected chi connectivity index (χ1v) is 5.68. The van der Waals surface area contributed by atoms with Crippen LogP contribution in [0.3, 0.4) is 0 Å². The lowest BCUT2D eigenvalue weighted by Gasteiger charge is -2.07. The number of hydrogen-bond donors (Lipinski definition) is 4. The number of hydrogen-bond acceptors (Lipinski definition) is 6. The highest BCUT2D eigenvalue weighted by molar-refractivity contribution is 7.80. The van der Waals surface area contributed by atoms with Crippen LogP contribution in [0.1, 0.15) is 10.4 Å². The minimum absolute atomic E-state index is 0.0858. The summed E-state index contributed by atoms with van der Waals surface area (Å²) in [5.74, 6) is -2.38. The summed E-state index contributed by atoms with van der Waals surface area (Å²) < 4.78 is 5.04. The molecular formula is C13H10O5S. The molecule has 2 aromatic carbocycles. The number of carbonyl (C=O) groups excluding carboxylic acids is 1. The molecule has 0 aliphatic heterocycles. The third-order valence-corrected chi connectivity index (χ3v) is 2.61. The number of phenolic OH excluding ortho intramolecular Hbond substituents is 3. The number of rotatable bonds is 2. The standard InChI is InChI=1S/C13H10O5S/c14-10-4-7(5-11(15)12(10)16)13(17)18-8-2-1-3-9(19)6-8/h1-6,14-16,19H. The van der Waals surface area contributed by atoms with E-state index in [1.165, 1.54) is 0 Å². The van der Waals surface area contributed by atoms with Gasteiger partial charge in [-0.05, 0) is 30.3 Å². The molecule has 6 heteroatoms. The van der Waals surface area contributed by atoms with Gasteiger partial charge in [-0.25, -0.2) is 4.79 Å². The SMILES string of the molecule is O=C(Oc1cccc(S)c1)c1cc(O)c(O)c(O)c1. The predicted molar refractivity (Wildman–Crippen MR) is 70.1 cm³/mol. The summed E-state index contributed by atoms with van der Waals surface area (Å²) in [6.07, 6.45) is 0. The van der Waals surface area contributed by atoms with E-state index in [0.717, 1.165) is 12.1 Å². The van der Waals surface area contributed by atoms with Gasteiger partial charge < -0.3 is 20.1 Å². The van der Waals surface area contributed by atoms with E-state index in [-0.39, 0.29) is 11.3 Å². The molecule has 2 aromatic rings. The largest absolute Gasteiger partial charge is 0.504 e. The van der Waals surface area contributed by atoms with Gasteiger partial charge >= 0.3 is 5.97 Å². The number of esters is 1. The van der Waals surface area contributed by atoms with Gasteiger partial charge in [-0.1, -0.05) is 6.07 Å². The summed E-state index contributed by atoms with van der Waals surface area (Å²) in [4.78, 5) is 12.4. The van der Waals surface area contributed by atoms with Gasteiger partial charge in [-0.15, -0.1) is 12.6 Å². The maximum Gasteiger partial charge on any atom is 0.343 e. The monoisotopic (exact) mass is 278 g/mol. The molecule has 0 amide bonds. The average Bonchev–Trinajstić information content (AvgIpc) is 2.35. The van der Waals surface area contributed by atoms with Crippen LogP contribution in [0.25, 0.3) is 0 Å². The van der Waals surface area contributed by atoms with E-state index in [2.05, 4.69) is 12.6 Å². The van der Waals surface area contributed by atoms with Crippen molar-refractivity contribution < 1.29 is 24.9 Å². The fraction of sp³-hybridized carbons (Fsp3) is 0. The van der Waals surface area contributed by atoms with Crippen LogP contribution >= 0.6 is 12.6 Å². The zero-order chi connectivity index (χ0) is 14.0. The second-order valence-corrected chi connectivity index (χ2v) is 4.27. The second kappa shape index (κ2) is 5.11. The maximum atomic E-state index is 11.8. The Kier molecular flexibility index (Phi) is 3.52. The van der Waals surface area contributed by atoms with Crippen LogP contribution in [-0.4, -0.2) is 21.3 Å². The third-order valence-electron chi connectivity index (χ3n) is 2.33. The number of phenols is 3. The van der Waals surface area contributed by atoms with E-state index in [1.807, 2.05) is 0 Å². The van der Waals surface area contributed by atoms with Gasteiger partial charge in [-0.3, -0.25) is 0 Å². The summed E-state index contributed by atoms with van der Waals surface area (Å²) in [6.45, 7) is 0. The van der Waals surface area contributed by atoms with Crippen molar-refractivity contribution in [2.75, 3.05) is 0 Å². The van der Waals surface area contributed by atoms with Crippen molar-refractivity contribution in [2.24, 2.45) is 0 Å². The Hall–Kier alpha value is -2.34. The van der Waals surface area contributed by atoms with Crippen LogP contribution in [0.5, 0.6) is 23.0 Å². The highest BCUT2D eigenvalue weighted by atomic mass is 32.1. The van der Waals surface area contributed by atoms with E-state index in [9.17, 15) is 20.1 Å². The van der Waals surface area contributed by atoms with E-state index in [4.69, 9.17) is 4.74 Å². The van der Waals surface area contributed by atoms with E-state index < -0.39 is 23.2 Å². The van der Waals surface area contributed by atoms with Crippen molar-refractivity contribution in [3.8, 4) is 23.0 Å². The van der Waals surface area contributed by atoms with Crippen LogP contribution in [0.4, 0.5) is 0 Å². The predicted octanol–water partition coefficient (Wildman–Crippen LogP) is 2.31. The molecular weight excluding hydrogens is 268 g/mol. The molecule has 0 aliphatic carbocycles. The number of carbonyl (C=O) groups is 1. The lowest BCUT2D eigenvalue weighted by molar-refractivity contribution is 0.0733. The minimum Gasteiger partial charge on any atom is -0.504 e. The van der Waals surface area contributed by atoms with Gasteiger partial charge in [0.25, 0.3) is 0 Å². The van der Waals surface area contributed by atoms with Crippen LogP contribution in [-0.2, 0) is 0 Å². The Morgan fingerprint density at radius 1 is 1.05 bits per heavy atom. The summed E-state index contributed by atoms with van der Waals surface area (Å²) >= 11 is 4.11. The highest BCUT2D eigenvalue weighted by Gasteiger charge is 2.15. The molecule has 0 saturated heterocycles. The number of ether oxygens (including phenoxy) is 1. The van der Waals surface area contributed by atoms with Crippen LogP contribution in [0.15, 0.2) is 41.3 Å². The van der Waals surface area contributed by atoms with E-state index in [0.29, 0.717) is 4.90 Å². The Balaban J connectivity index is 2.25. The molecule has 5 nitrogen and oxygen atoms in total. The van der Waals surface area contributed by atoms with Crippen LogP contribution in [0.2, 0.25) is 0 Å². The van der Waals surface area contributed by atoms with Gasteiger partial charge in [0.1, 0.15) is 5.75 Å². The molecule has 3 N–H and O–H groups in total. The lowest BCUT2D eigenvalue weighted by atomic mass is 10.2. The first-order chi connectivity index (χ1) is 8.97. The summed E-state index contributed by atoms with van der Waals surface area (Å²) in [6, 6.07) is 8.50. The number of thiol groups is 1. The zero-order valence-corrected chi connectivity index (χ0v) is 10.5. The van der Waals surface area contributed by atoms with Crippen LogP contribution in [0, 0.1) is 0 Å². The van der Waals surface area contributed by atoms with Crippen molar-refractivity contribution in [2.45, 2.75) is 4.90 Å². The third kappa shape index (κ3) is 2.92. The van der Waals surface area contributed by atoms with Crippen molar-refractivity contribution in [1.82, 2.24) is 0 Å². The molecule has 19 heavy (non-hydrogen) atoms. The molecule has 0 spiro atoms. The minimum atomic E-state index is -0.774. The van der Waals surface area contributed by atoms with Crippen molar-refractivity contribution in [1.29, 1.82) is 0 Å². The molecule has 0 saturated carbocycles.